The van der Waals surface area contributed by atoms with Gasteiger partial charge in [0.1, 0.15) is 5.75 Å². The van der Waals surface area contributed by atoms with E-state index in [2.05, 4.69) is 0 Å². The zero-order valence-corrected chi connectivity index (χ0v) is 14.5. The third-order valence-electron chi connectivity index (χ3n) is 4.45. The molecule has 1 amide bonds. The van der Waals surface area contributed by atoms with Crippen LogP contribution in [-0.4, -0.2) is 47.8 Å². The number of aliphatic carboxylic acids is 1. The van der Waals surface area contributed by atoms with Gasteiger partial charge in [0.05, 0.1) is 18.4 Å². The van der Waals surface area contributed by atoms with Crippen LogP contribution in [0.3, 0.4) is 0 Å². The van der Waals surface area contributed by atoms with Gasteiger partial charge in [-0.1, -0.05) is 12.1 Å². The molecule has 0 spiro atoms. The van der Waals surface area contributed by atoms with Crippen molar-refractivity contribution in [1.29, 1.82) is 0 Å². The quantitative estimate of drug-likeness (QED) is 0.745. The summed E-state index contributed by atoms with van der Waals surface area (Å²) in [5, 5.41) is 8.97. The van der Waals surface area contributed by atoms with Gasteiger partial charge >= 0.3 is 12.1 Å². The number of carboxylic acid groups (broad SMARTS) is 1. The highest BCUT2D eigenvalue weighted by Crippen LogP contribution is 2.37. The van der Waals surface area contributed by atoms with Crippen molar-refractivity contribution in [3.63, 3.8) is 0 Å². The lowest BCUT2D eigenvalue weighted by atomic mass is 9.96. The summed E-state index contributed by atoms with van der Waals surface area (Å²) < 4.78 is 44.3. The number of alkyl halides is 3. The van der Waals surface area contributed by atoms with Crippen LogP contribution in [0.5, 0.6) is 5.75 Å². The Morgan fingerprint density at radius 1 is 1.27 bits per heavy atom. The summed E-state index contributed by atoms with van der Waals surface area (Å²) in [7, 11) is 0. The van der Waals surface area contributed by atoms with Crippen molar-refractivity contribution in [3.8, 4) is 5.75 Å². The van der Waals surface area contributed by atoms with Crippen molar-refractivity contribution in [2.75, 3.05) is 19.7 Å². The third-order valence-corrected chi connectivity index (χ3v) is 4.45. The normalized spacial score (nSPS) is 20.2. The number of benzene rings is 1. The maximum Gasteiger partial charge on any atom is 0.394 e. The van der Waals surface area contributed by atoms with Crippen LogP contribution in [0.4, 0.5) is 13.2 Å². The SMILES string of the molecule is Cc1cccc(OCCCCC(=O)N2C[C@@H](C(F)(F)F)[C@H](C(=O)O)C2)c1. The fourth-order valence-electron chi connectivity index (χ4n) is 3.02. The molecule has 0 aromatic heterocycles. The van der Waals surface area contributed by atoms with Crippen LogP contribution in [0.1, 0.15) is 24.8 Å². The monoisotopic (exact) mass is 373 g/mol. The van der Waals surface area contributed by atoms with E-state index in [0.29, 0.717) is 19.4 Å². The number of hydrogen-bond acceptors (Lipinski definition) is 3. The molecule has 26 heavy (non-hydrogen) atoms. The Balaban J connectivity index is 1.75. The standard InChI is InChI=1S/C18H22F3NO4/c1-12-5-4-6-13(9-12)26-8-3-2-7-16(23)22-10-14(17(24)25)15(11-22)18(19,20)21/h4-6,9,14-15H,2-3,7-8,10-11H2,1H3,(H,24,25)/t14-,15-/m1/s1. The van der Waals surface area contributed by atoms with Crippen LogP contribution < -0.4 is 4.74 Å². The van der Waals surface area contributed by atoms with Crippen molar-refractivity contribution < 1.29 is 32.6 Å². The Bertz CT molecular complexity index is 648. The second kappa shape index (κ2) is 8.42. The molecular weight excluding hydrogens is 351 g/mol. The molecule has 1 saturated heterocycles. The number of amides is 1. The molecule has 8 heteroatoms. The molecule has 0 bridgehead atoms. The highest BCUT2D eigenvalue weighted by Gasteiger charge is 2.53. The van der Waals surface area contributed by atoms with Crippen molar-refractivity contribution in [2.24, 2.45) is 11.8 Å². The first-order valence-corrected chi connectivity index (χ1v) is 8.45. The molecule has 1 aromatic rings. The van der Waals surface area contributed by atoms with Crippen molar-refractivity contribution >= 4 is 11.9 Å². The number of unbranched alkanes of at least 4 members (excludes halogenated alkanes) is 1. The van der Waals surface area contributed by atoms with Gasteiger partial charge in [-0.05, 0) is 37.5 Å². The molecule has 1 N–H and O–H groups in total. The molecule has 1 aliphatic heterocycles. The number of halogens is 3. The van der Waals surface area contributed by atoms with E-state index in [1.54, 1.807) is 0 Å². The summed E-state index contributed by atoms with van der Waals surface area (Å²) in [5.41, 5.74) is 1.07. The average Bonchev–Trinajstić information content (AvgIpc) is 3.00. The Hall–Kier alpha value is -2.25. The summed E-state index contributed by atoms with van der Waals surface area (Å²) in [6, 6.07) is 7.53. The van der Waals surface area contributed by atoms with Gasteiger partial charge in [0.2, 0.25) is 5.91 Å². The van der Waals surface area contributed by atoms with Crippen molar-refractivity contribution in [2.45, 2.75) is 32.4 Å². The Morgan fingerprint density at radius 3 is 2.58 bits per heavy atom. The first kappa shape index (κ1) is 20.1. The number of aryl methyl sites for hydroxylation is 1. The van der Waals surface area contributed by atoms with E-state index >= 15 is 0 Å². The van der Waals surface area contributed by atoms with Gasteiger partial charge in [0.25, 0.3) is 0 Å². The lowest BCUT2D eigenvalue weighted by Crippen LogP contribution is -2.34. The molecule has 144 valence electrons. The molecule has 2 rings (SSSR count). The average molecular weight is 373 g/mol. The van der Waals surface area contributed by atoms with Crippen LogP contribution in [0.15, 0.2) is 24.3 Å². The fraction of sp³-hybridized carbons (Fsp3) is 0.556. The summed E-state index contributed by atoms with van der Waals surface area (Å²) in [4.78, 5) is 24.1. The lowest BCUT2D eigenvalue weighted by molar-refractivity contribution is -0.188. The second-order valence-corrected chi connectivity index (χ2v) is 6.51. The van der Waals surface area contributed by atoms with E-state index < -0.39 is 43.0 Å². The highest BCUT2D eigenvalue weighted by atomic mass is 19.4. The maximum absolute atomic E-state index is 12.9. The number of nitrogens with zero attached hydrogens (tertiary/aromatic N) is 1. The number of carbonyl (C=O) groups is 2. The molecule has 5 nitrogen and oxygen atoms in total. The minimum absolute atomic E-state index is 0.0775. The minimum Gasteiger partial charge on any atom is -0.494 e. The van der Waals surface area contributed by atoms with Crippen LogP contribution in [0.2, 0.25) is 0 Å². The number of ether oxygens (including phenoxy) is 1. The Morgan fingerprint density at radius 2 is 2.00 bits per heavy atom. The second-order valence-electron chi connectivity index (χ2n) is 6.51. The van der Waals surface area contributed by atoms with Crippen LogP contribution >= 0.6 is 0 Å². The van der Waals surface area contributed by atoms with Gasteiger partial charge in [0, 0.05) is 19.5 Å². The van der Waals surface area contributed by atoms with E-state index in [4.69, 9.17) is 9.84 Å². The van der Waals surface area contributed by atoms with Crippen LogP contribution in [-0.2, 0) is 9.59 Å². The predicted molar refractivity (Wildman–Crippen MR) is 87.8 cm³/mol. The minimum atomic E-state index is -4.63. The van der Waals surface area contributed by atoms with Crippen LogP contribution in [0.25, 0.3) is 0 Å². The smallest absolute Gasteiger partial charge is 0.394 e. The number of carboxylic acids is 1. The number of rotatable bonds is 7. The summed E-state index contributed by atoms with van der Waals surface area (Å²) in [6.07, 6.45) is -3.50. The van der Waals surface area contributed by atoms with Gasteiger partial charge in [-0.25, -0.2) is 0 Å². The summed E-state index contributed by atoms with van der Waals surface area (Å²) >= 11 is 0. The van der Waals surface area contributed by atoms with Crippen molar-refractivity contribution in [3.05, 3.63) is 29.8 Å². The molecular formula is C18H22F3NO4. The number of carbonyl (C=O) groups excluding carboxylic acids is 1. The molecule has 0 radical (unpaired) electrons. The third kappa shape index (κ3) is 5.37. The van der Waals surface area contributed by atoms with E-state index in [9.17, 15) is 22.8 Å². The molecule has 1 heterocycles. The predicted octanol–water partition coefficient (Wildman–Crippen LogP) is 3.27. The Labute approximate surface area is 149 Å². The summed E-state index contributed by atoms with van der Waals surface area (Å²) in [6.45, 7) is 1.37. The van der Waals surface area contributed by atoms with Crippen molar-refractivity contribution in [1.82, 2.24) is 4.90 Å². The van der Waals surface area contributed by atoms with Gasteiger partial charge in [-0.3, -0.25) is 9.59 Å². The van der Waals surface area contributed by atoms with Crippen LogP contribution in [0, 0.1) is 18.8 Å². The highest BCUT2D eigenvalue weighted by molar-refractivity contribution is 5.79. The first-order chi connectivity index (χ1) is 12.2. The summed E-state index contributed by atoms with van der Waals surface area (Å²) in [5.74, 6) is -4.84. The zero-order chi connectivity index (χ0) is 19.3. The molecule has 1 fully saturated rings. The maximum atomic E-state index is 12.9. The van der Waals surface area contributed by atoms with Gasteiger partial charge < -0.3 is 14.7 Å². The molecule has 0 unspecified atom stereocenters. The van der Waals surface area contributed by atoms with E-state index in [1.807, 2.05) is 31.2 Å². The molecule has 0 aliphatic carbocycles. The van der Waals surface area contributed by atoms with E-state index in [-0.39, 0.29) is 6.42 Å². The number of hydrogen-bond donors (Lipinski definition) is 1. The fourth-order valence-corrected chi connectivity index (χ4v) is 3.02. The molecule has 0 saturated carbocycles. The van der Waals surface area contributed by atoms with Gasteiger partial charge in [-0.15, -0.1) is 0 Å². The van der Waals surface area contributed by atoms with Gasteiger partial charge in [0.15, 0.2) is 0 Å². The number of likely N-dealkylation sites (tertiary alicyclic amines) is 1. The zero-order valence-electron chi connectivity index (χ0n) is 14.5. The Kier molecular flexibility index (Phi) is 6.50. The topological polar surface area (TPSA) is 66.8 Å². The molecule has 2 atom stereocenters. The first-order valence-electron chi connectivity index (χ1n) is 8.45. The van der Waals surface area contributed by atoms with Gasteiger partial charge in [-0.2, -0.15) is 13.2 Å². The van der Waals surface area contributed by atoms with E-state index in [1.165, 1.54) is 0 Å². The molecule has 1 aromatic carbocycles. The van der Waals surface area contributed by atoms with E-state index in [0.717, 1.165) is 16.2 Å². The molecule has 1 aliphatic rings. The largest absolute Gasteiger partial charge is 0.494 e. The lowest BCUT2D eigenvalue weighted by Gasteiger charge is -2.18.